The highest BCUT2D eigenvalue weighted by Crippen LogP contribution is 2.43. The third-order valence-corrected chi connectivity index (χ3v) is 4.91. The van der Waals surface area contributed by atoms with Crippen LogP contribution in [-0.4, -0.2) is 12.0 Å². The lowest BCUT2D eigenvalue weighted by Gasteiger charge is -2.39. The zero-order valence-electron chi connectivity index (χ0n) is 14.3. The van der Waals surface area contributed by atoms with Crippen LogP contribution in [0.1, 0.15) is 57.8 Å². The summed E-state index contributed by atoms with van der Waals surface area (Å²) in [6.07, 6.45) is 0.391. The Kier molecular flexibility index (Phi) is 4.89. The van der Waals surface area contributed by atoms with Gasteiger partial charge in [-0.1, -0.05) is 62.2 Å². The smallest absolute Gasteiger partial charge is 0.166 e. The minimum atomic E-state index is -0.979. The first-order chi connectivity index (χ1) is 10.2. The number of carbonyl (C=O) groups is 1. The molecule has 0 aromatic heterocycles. The van der Waals surface area contributed by atoms with Crippen LogP contribution in [0.4, 0.5) is 4.39 Å². The monoisotopic (exact) mass is 302 g/mol. The summed E-state index contributed by atoms with van der Waals surface area (Å²) in [6, 6.07) is 9.32. The molecule has 0 aliphatic heterocycles. The average molecular weight is 302 g/mol. The number of benzene rings is 1. The fourth-order valence-electron chi connectivity index (χ4n) is 3.38. The van der Waals surface area contributed by atoms with E-state index in [4.69, 9.17) is 0 Å². The number of rotatable bonds is 3. The zero-order chi connectivity index (χ0) is 16.5. The minimum absolute atomic E-state index is 0.0874. The Morgan fingerprint density at radius 3 is 2.18 bits per heavy atom. The molecule has 0 saturated heterocycles. The highest BCUT2D eigenvalue weighted by Gasteiger charge is 2.42. The van der Waals surface area contributed by atoms with Crippen LogP contribution in [0.15, 0.2) is 41.5 Å². The van der Waals surface area contributed by atoms with E-state index in [9.17, 15) is 4.79 Å². The van der Waals surface area contributed by atoms with E-state index in [2.05, 4.69) is 13.8 Å². The van der Waals surface area contributed by atoms with Gasteiger partial charge in [0.15, 0.2) is 5.78 Å². The Morgan fingerprint density at radius 1 is 1.09 bits per heavy atom. The Balaban J connectivity index is 2.35. The van der Waals surface area contributed by atoms with Crippen LogP contribution in [0, 0.1) is 17.3 Å². The first-order valence-corrected chi connectivity index (χ1v) is 8.10. The van der Waals surface area contributed by atoms with Gasteiger partial charge in [0.1, 0.15) is 6.17 Å². The van der Waals surface area contributed by atoms with Crippen molar-refractivity contribution in [3.8, 4) is 0 Å². The van der Waals surface area contributed by atoms with E-state index in [1.807, 2.05) is 51.1 Å². The van der Waals surface area contributed by atoms with Crippen LogP contribution in [0.5, 0.6) is 0 Å². The van der Waals surface area contributed by atoms with Gasteiger partial charge in [0, 0.05) is 17.4 Å². The predicted molar refractivity (Wildman–Crippen MR) is 89.7 cm³/mol. The number of allylic oxidation sites excluding steroid dienone is 2. The summed E-state index contributed by atoms with van der Waals surface area (Å²) in [4.78, 5) is 12.9. The largest absolute Gasteiger partial charge is 0.294 e. The zero-order valence-corrected chi connectivity index (χ0v) is 14.3. The lowest BCUT2D eigenvalue weighted by molar-refractivity contribution is 0.0488. The molecular formula is C20H27FO. The summed E-state index contributed by atoms with van der Waals surface area (Å²) in [6.45, 7) is 9.90. The third-order valence-electron chi connectivity index (χ3n) is 4.91. The van der Waals surface area contributed by atoms with Crippen molar-refractivity contribution in [1.82, 2.24) is 0 Å². The molecule has 0 amide bonds. The lowest BCUT2D eigenvalue weighted by atomic mass is 9.67. The number of alkyl halides is 1. The van der Waals surface area contributed by atoms with Gasteiger partial charge in [-0.15, -0.1) is 0 Å². The van der Waals surface area contributed by atoms with E-state index < -0.39 is 11.6 Å². The summed E-state index contributed by atoms with van der Waals surface area (Å²) in [7, 11) is 0. The molecular weight excluding hydrogens is 275 g/mol. The number of halogens is 1. The maximum atomic E-state index is 15.0. The van der Waals surface area contributed by atoms with Gasteiger partial charge in [0.25, 0.3) is 0 Å². The molecule has 1 aromatic carbocycles. The molecule has 0 radical (unpaired) electrons. The van der Waals surface area contributed by atoms with E-state index in [0.29, 0.717) is 18.4 Å². The summed E-state index contributed by atoms with van der Waals surface area (Å²) < 4.78 is 15.0. The highest BCUT2D eigenvalue weighted by atomic mass is 19.1. The molecule has 0 heterocycles. The van der Waals surface area contributed by atoms with Gasteiger partial charge >= 0.3 is 0 Å². The van der Waals surface area contributed by atoms with Crippen LogP contribution in [0.25, 0.3) is 0 Å². The fraction of sp³-hybridized carbons (Fsp3) is 0.550. The van der Waals surface area contributed by atoms with E-state index in [1.165, 1.54) is 11.1 Å². The highest BCUT2D eigenvalue weighted by molar-refractivity contribution is 5.98. The van der Waals surface area contributed by atoms with Crippen molar-refractivity contribution >= 4 is 5.78 Å². The average Bonchev–Trinajstić information content (AvgIpc) is 2.48. The van der Waals surface area contributed by atoms with Gasteiger partial charge in [-0.2, -0.15) is 0 Å². The van der Waals surface area contributed by atoms with Crippen LogP contribution >= 0.6 is 0 Å². The van der Waals surface area contributed by atoms with Gasteiger partial charge in [-0.05, 0) is 32.1 Å². The molecule has 2 heteroatoms. The molecule has 0 spiro atoms. The molecule has 22 heavy (non-hydrogen) atoms. The van der Waals surface area contributed by atoms with Crippen molar-refractivity contribution in [3.63, 3.8) is 0 Å². The SMILES string of the molecule is CC1=C(C)C[C@H](C(=O)c2ccccc2)[C@@H]([C@H](F)C(C)(C)C)C1. The van der Waals surface area contributed by atoms with Crippen molar-refractivity contribution in [2.75, 3.05) is 0 Å². The molecule has 3 atom stereocenters. The maximum Gasteiger partial charge on any atom is 0.166 e. The number of hydrogen-bond acceptors (Lipinski definition) is 1. The van der Waals surface area contributed by atoms with Crippen molar-refractivity contribution in [3.05, 3.63) is 47.0 Å². The minimum Gasteiger partial charge on any atom is -0.294 e. The normalized spacial score (nSPS) is 24.3. The van der Waals surface area contributed by atoms with Crippen molar-refractivity contribution in [2.24, 2.45) is 17.3 Å². The molecule has 0 unspecified atom stereocenters. The van der Waals surface area contributed by atoms with Gasteiger partial charge in [-0.3, -0.25) is 4.79 Å². The van der Waals surface area contributed by atoms with Gasteiger partial charge < -0.3 is 0 Å². The Hall–Kier alpha value is -1.44. The van der Waals surface area contributed by atoms with Crippen LogP contribution in [-0.2, 0) is 0 Å². The molecule has 120 valence electrons. The van der Waals surface area contributed by atoms with Gasteiger partial charge in [0.05, 0.1) is 0 Å². The molecule has 0 saturated carbocycles. The Bertz CT molecular complexity index is 565. The number of carbonyl (C=O) groups excluding carboxylic acids is 1. The summed E-state index contributed by atoms with van der Waals surface area (Å²) >= 11 is 0. The van der Waals surface area contributed by atoms with E-state index >= 15 is 4.39 Å². The fourth-order valence-corrected chi connectivity index (χ4v) is 3.38. The van der Waals surface area contributed by atoms with Crippen molar-refractivity contribution in [1.29, 1.82) is 0 Å². The maximum absolute atomic E-state index is 15.0. The molecule has 2 rings (SSSR count). The second-order valence-corrected chi connectivity index (χ2v) is 7.74. The van der Waals surface area contributed by atoms with Crippen LogP contribution in [0.3, 0.4) is 0 Å². The standard InChI is InChI=1S/C20H27FO/c1-13-11-16(18(22)15-9-7-6-8-10-15)17(12-14(13)2)19(21)20(3,4)5/h6-10,16-17,19H,11-12H2,1-5H3/t16-,17-,19-/m0/s1. The third kappa shape index (κ3) is 3.48. The number of ketones is 1. The summed E-state index contributed by atoms with van der Waals surface area (Å²) in [5, 5.41) is 0. The van der Waals surface area contributed by atoms with Crippen LogP contribution in [0.2, 0.25) is 0 Å². The van der Waals surface area contributed by atoms with E-state index in [1.54, 1.807) is 0 Å². The Labute approximate surface area is 133 Å². The first-order valence-electron chi connectivity index (χ1n) is 8.10. The molecule has 1 aliphatic carbocycles. The first kappa shape index (κ1) is 16.9. The quantitative estimate of drug-likeness (QED) is 0.523. The molecule has 0 N–H and O–H groups in total. The number of Topliss-reactive ketones (excluding diaryl/α,β-unsaturated/α-hetero) is 1. The summed E-state index contributed by atoms with van der Waals surface area (Å²) in [5.74, 6) is -0.388. The molecule has 0 bridgehead atoms. The number of hydrogen-bond donors (Lipinski definition) is 0. The van der Waals surface area contributed by atoms with Gasteiger partial charge in [0.2, 0.25) is 0 Å². The lowest BCUT2D eigenvalue weighted by Crippen LogP contribution is -2.40. The molecule has 1 nitrogen and oxygen atoms in total. The summed E-state index contributed by atoms with van der Waals surface area (Å²) in [5.41, 5.74) is 2.75. The topological polar surface area (TPSA) is 17.1 Å². The second kappa shape index (κ2) is 6.36. The van der Waals surface area contributed by atoms with Crippen LogP contribution < -0.4 is 0 Å². The van der Waals surface area contributed by atoms with Crippen molar-refractivity contribution in [2.45, 2.75) is 53.6 Å². The van der Waals surface area contributed by atoms with Crippen molar-refractivity contribution < 1.29 is 9.18 Å². The molecule has 1 aromatic rings. The second-order valence-electron chi connectivity index (χ2n) is 7.74. The van der Waals surface area contributed by atoms with Gasteiger partial charge in [-0.25, -0.2) is 4.39 Å². The van der Waals surface area contributed by atoms with E-state index in [-0.39, 0.29) is 17.6 Å². The molecule has 1 aliphatic rings. The predicted octanol–water partition coefficient (Wildman–Crippen LogP) is 5.62. The van der Waals surface area contributed by atoms with E-state index in [0.717, 1.165) is 0 Å². The molecule has 0 fully saturated rings. The Morgan fingerprint density at radius 2 is 1.64 bits per heavy atom.